The van der Waals surface area contributed by atoms with E-state index in [1.807, 2.05) is 54.6 Å². The second-order valence-electron chi connectivity index (χ2n) is 7.34. The molecule has 1 aromatic heterocycles. The van der Waals surface area contributed by atoms with Gasteiger partial charge in [0.15, 0.2) is 0 Å². The monoisotopic (exact) mass is 469 g/mol. The first kappa shape index (κ1) is 20.7. The van der Waals surface area contributed by atoms with Crippen LogP contribution in [0, 0.1) is 0 Å². The molecule has 156 valence electrons. The van der Waals surface area contributed by atoms with Crippen molar-refractivity contribution in [1.29, 1.82) is 0 Å². The lowest BCUT2D eigenvalue weighted by Gasteiger charge is -2.33. The minimum absolute atomic E-state index is 0.0582. The van der Waals surface area contributed by atoms with Crippen molar-refractivity contribution in [2.45, 2.75) is 13.1 Å². The molecule has 30 heavy (non-hydrogen) atoms. The van der Waals surface area contributed by atoms with Crippen LogP contribution in [0.5, 0.6) is 0 Å². The fourth-order valence-electron chi connectivity index (χ4n) is 3.42. The Morgan fingerprint density at radius 3 is 2.57 bits per heavy atom. The third-order valence-electron chi connectivity index (χ3n) is 5.07. The molecule has 4 rings (SSSR count). The van der Waals surface area contributed by atoms with Gasteiger partial charge in [-0.15, -0.1) is 0 Å². The molecule has 3 aromatic rings. The normalized spacial score (nSPS) is 15.2. The zero-order valence-electron chi connectivity index (χ0n) is 16.6. The number of amides is 1. The molecule has 0 spiro atoms. The van der Waals surface area contributed by atoms with Gasteiger partial charge in [0, 0.05) is 42.8 Å². The Bertz CT molecular complexity index is 970. The van der Waals surface area contributed by atoms with E-state index in [1.54, 1.807) is 0 Å². The molecule has 7 nitrogen and oxygen atoms in total. The summed E-state index contributed by atoms with van der Waals surface area (Å²) in [5.41, 5.74) is 2.03. The van der Waals surface area contributed by atoms with Crippen LogP contribution in [0.15, 0.2) is 63.6 Å². The maximum Gasteiger partial charge on any atom is 0.241 e. The number of benzene rings is 2. The van der Waals surface area contributed by atoms with Crippen LogP contribution in [0.2, 0.25) is 0 Å². The Morgan fingerprint density at radius 2 is 1.80 bits per heavy atom. The van der Waals surface area contributed by atoms with Crippen LogP contribution >= 0.6 is 15.9 Å². The van der Waals surface area contributed by atoms with Crippen LogP contribution < -0.4 is 5.32 Å². The number of hydrogen-bond acceptors (Lipinski definition) is 6. The quantitative estimate of drug-likeness (QED) is 0.573. The Morgan fingerprint density at radius 1 is 1.03 bits per heavy atom. The van der Waals surface area contributed by atoms with Gasteiger partial charge in [0.25, 0.3) is 0 Å². The molecule has 1 amide bonds. The first-order valence-corrected chi connectivity index (χ1v) is 10.8. The molecule has 0 atom stereocenters. The van der Waals surface area contributed by atoms with Crippen LogP contribution in [0.4, 0.5) is 0 Å². The highest BCUT2D eigenvalue weighted by Crippen LogP contribution is 2.20. The lowest BCUT2D eigenvalue weighted by Crippen LogP contribution is -2.49. The summed E-state index contributed by atoms with van der Waals surface area (Å²) in [4.78, 5) is 21.2. The molecule has 0 aliphatic carbocycles. The highest BCUT2D eigenvalue weighted by molar-refractivity contribution is 9.10. The Balaban J connectivity index is 1.21. The van der Waals surface area contributed by atoms with E-state index in [1.165, 1.54) is 0 Å². The van der Waals surface area contributed by atoms with Crippen molar-refractivity contribution in [3.63, 3.8) is 0 Å². The highest BCUT2D eigenvalue weighted by atomic mass is 79.9. The first-order valence-electron chi connectivity index (χ1n) is 9.99. The Labute approximate surface area is 184 Å². The second kappa shape index (κ2) is 9.97. The number of piperazine rings is 1. The molecular formula is C22H24BrN5O2. The van der Waals surface area contributed by atoms with Crippen molar-refractivity contribution in [1.82, 2.24) is 25.3 Å². The Kier molecular flexibility index (Phi) is 6.88. The van der Waals surface area contributed by atoms with Crippen LogP contribution in [-0.4, -0.2) is 58.6 Å². The predicted molar refractivity (Wildman–Crippen MR) is 117 cm³/mol. The van der Waals surface area contributed by atoms with Gasteiger partial charge in [-0.25, -0.2) is 0 Å². The largest absolute Gasteiger partial charge is 0.351 e. The summed E-state index contributed by atoms with van der Waals surface area (Å²) in [6.45, 7) is 5.01. The van der Waals surface area contributed by atoms with Crippen molar-refractivity contribution in [3.05, 3.63) is 70.5 Å². The zero-order chi connectivity index (χ0) is 20.8. The van der Waals surface area contributed by atoms with E-state index in [9.17, 15) is 4.79 Å². The van der Waals surface area contributed by atoms with Crippen LogP contribution in [0.25, 0.3) is 11.4 Å². The van der Waals surface area contributed by atoms with E-state index in [2.05, 4.69) is 41.2 Å². The number of rotatable bonds is 7. The van der Waals surface area contributed by atoms with Crippen molar-refractivity contribution in [2.75, 3.05) is 32.7 Å². The maximum atomic E-state index is 12.2. The average molecular weight is 470 g/mol. The molecule has 0 unspecified atom stereocenters. The summed E-state index contributed by atoms with van der Waals surface area (Å²) < 4.78 is 6.41. The summed E-state index contributed by atoms with van der Waals surface area (Å²) in [7, 11) is 0. The van der Waals surface area contributed by atoms with E-state index in [0.29, 0.717) is 31.3 Å². The number of carbonyl (C=O) groups is 1. The summed E-state index contributed by atoms with van der Waals surface area (Å²) in [6, 6.07) is 17.8. The topological polar surface area (TPSA) is 74.5 Å². The SMILES string of the molecule is O=C(CN1CCN(Cc2nc(-c3cccc(Br)c3)no2)CC1)NCc1ccccc1. The fourth-order valence-corrected chi connectivity index (χ4v) is 3.82. The van der Waals surface area contributed by atoms with Crippen molar-refractivity contribution in [2.24, 2.45) is 0 Å². The van der Waals surface area contributed by atoms with Gasteiger partial charge >= 0.3 is 0 Å². The van der Waals surface area contributed by atoms with Gasteiger partial charge < -0.3 is 9.84 Å². The van der Waals surface area contributed by atoms with E-state index < -0.39 is 0 Å². The van der Waals surface area contributed by atoms with Gasteiger partial charge in [0.05, 0.1) is 13.1 Å². The van der Waals surface area contributed by atoms with Gasteiger partial charge in [0.2, 0.25) is 17.6 Å². The number of hydrogen-bond donors (Lipinski definition) is 1. The smallest absolute Gasteiger partial charge is 0.241 e. The molecule has 2 aromatic carbocycles. The molecular weight excluding hydrogens is 446 g/mol. The lowest BCUT2D eigenvalue weighted by atomic mass is 10.2. The number of aromatic nitrogens is 2. The van der Waals surface area contributed by atoms with Crippen molar-refractivity contribution in [3.8, 4) is 11.4 Å². The minimum Gasteiger partial charge on any atom is -0.351 e. The van der Waals surface area contributed by atoms with Crippen molar-refractivity contribution >= 4 is 21.8 Å². The summed E-state index contributed by atoms with van der Waals surface area (Å²) in [6.07, 6.45) is 0. The number of halogens is 1. The van der Waals surface area contributed by atoms with E-state index in [4.69, 9.17) is 4.52 Å². The molecule has 1 aliphatic heterocycles. The third kappa shape index (κ3) is 5.75. The summed E-state index contributed by atoms with van der Waals surface area (Å²) in [5.74, 6) is 1.27. The maximum absolute atomic E-state index is 12.2. The van der Waals surface area contributed by atoms with Crippen LogP contribution in [-0.2, 0) is 17.9 Å². The lowest BCUT2D eigenvalue weighted by molar-refractivity contribution is -0.122. The molecule has 1 fully saturated rings. The van der Waals surface area contributed by atoms with Gasteiger partial charge in [-0.3, -0.25) is 14.6 Å². The summed E-state index contributed by atoms with van der Waals surface area (Å²) >= 11 is 3.46. The van der Waals surface area contributed by atoms with Gasteiger partial charge in [-0.05, 0) is 17.7 Å². The highest BCUT2D eigenvalue weighted by Gasteiger charge is 2.21. The molecule has 1 aliphatic rings. The predicted octanol–water partition coefficient (Wildman–Crippen LogP) is 2.93. The molecule has 8 heteroatoms. The fraction of sp³-hybridized carbons (Fsp3) is 0.318. The zero-order valence-corrected chi connectivity index (χ0v) is 18.2. The number of nitrogens with one attached hydrogen (secondary N) is 1. The van der Waals surface area contributed by atoms with Crippen LogP contribution in [0.1, 0.15) is 11.5 Å². The van der Waals surface area contributed by atoms with Crippen molar-refractivity contribution < 1.29 is 9.32 Å². The molecule has 0 saturated carbocycles. The molecule has 1 saturated heterocycles. The molecule has 1 N–H and O–H groups in total. The van der Waals surface area contributed by atoms with Gasteiger partial charge in [0.1, 0.15) is 0 Å². The number of nitrogens with zero attached hydrogens (tertiary/aromatic N) is 4. The standard InChI is InChI=1S/C22H24BrN5O2/c23-19-8-4-7-18(13-19)22-25-21(30-26-22)16-28-11-9-27(10-12-28)15-20(29)24-14-17-5-2-1-3-6-17/h1-8,13H,9-12,14-16H2,(H,24,29). The van der Waals surface area contributed by atoms with Gasteiger partial charge in [-0.2, -0.15) is 4.98 Å². The minimum atomic E-state index is 0.0582. The molecule has 2 heterocycles. The first-order chi connectivity index (χ1) is 14.7. The molecule has 0 bridgehead atoms. The van der Waals surface area contributed by atoms with E-state index in [0.717, 1.165) is 41.8 Å². The van der Waals surface area contributed by atoms with Crippen LogP contribution in [0.3, 0.4) is 0 Å². The van der Waals surface area contributed by atoms with E-state index >= 15 is 0 Å². The molecule has 0 radical (unpaired) electrons. The number of carbonyl (C=O) groups excluding carboxylic acids is 1. The average Bonchev–Trinajstić information content (AvgIpc) is 3.23. The Hall–Kier alpha value is -2.55. The van der Waals surface area contributed by atoms with E-state index in [-0.39, 0.29) is 5.91 Å². The second-order valence-corrected chi connectivity index (χ2v) is 8.25. The van der Waals surface area contributed by atoms with Gasteiger partial charge in [-0.1, -0.05) is 63.6 Å². The summed E-state index contributed by atoms with van der Waals surface area (Å²) in [5, 5.41) is 7.08. The third-order valence-corrected chi connectivity index (χ3v) is 5.57.